The summed E-state index contributed by atoms with van der Waals surface area (Å²) in [4.78, 5) is 19.8. The zero-order chi connectivity index (χ0) is 13.7. The minimum absolute atomic E-state index is 0.0635. The Balaban J connectivity index is 2.26. The van der Waals surface area contributed by atoms with Crippen molar-refractivity contribution < 1.29 is 13.9 Å². The van der Waals surface area contributed by atoms with E-state index in [9.17, 15) is 9.18 Å². The maximum atomic E-state index is 13.6. The lowest BCUT2D eigenvalue weighted by molar-refractivity contribution is 0.102. The van der Waals surface area contributed by atoms with E-state index in [0.717, 1.165) is 0 Å². The Hall–Kier alpha value is -2.50. The number of rotatable bonds is 4. The third-order valence-electron chi connectivity index (χ3n) is 2.31. The Kier molecular flexibility index (Phi) is 4.02. The van der Waals surface area contributed by atoms with Crippen molar-refractivity contribution in [2.45, 2.75) is 6.92 Å². The van der Waals surface area contributed by atoms with Crippen LogP contribution in [0.3, 0.4) is 0 Å². The number of para-hydroxylation sites is 1. The van der Waals surface area contributed by atoms with E-state index in [1.165, 1.54) is 36.8 Å². The van der Waals surface area contributed by atoms with Gasteiger partial charge in [0.1, 0.15) is 0 Å². The molecule has 98 valence electrons. The van der Waals surface area contributed by atoms with E-state index < -0.39 is 11.7 Å². The van der Waals surface area contributed by atoms with Crippen LogP contribution in [0.2, 0.25) is 0 Å². The first-order chi connectivity index (χ1) is 9.22. The van der Waals surface area contributed by atoms with E-state index in [1.54, 1.807) is 6.92 Å². The third-order valence-corrected chi connectivity index (χ3v) is 2.31. The number of anilines is 1. The molecule has 0 atom stereocenters. The molecule has 0 unspecified atom stereocenters. The number of ether oxygens (including phenoxy) is 1. The van der Waals surface area contributed by atoms with Crippen LogP contribution in [0.15, 0.2) is 36.8 Å². The molecule has 1 heterocycles. The van der Waals surface area contributed by atoms with E-state index in [-0.39, 0.29) is 17.9 Å². The first-order valence-corrected chi connectivity index (χ1v) is 5.71. The van der Waals surface area contributed by atoms with E-state index in [4.69, 9.17) is 4.74 Å². The Labute approximate surface area is 109 Å². The van der Waals surface area contributed by atoms with Crippen LogP contribution in [-0.4, -0.2) is 22.5 Å². The zero-order valence-electron chi connectivity index (χ0n) is 10.3. The van der Waals surface area contributed by atoms with Gasteiger partial charge in [0.2, 0.25) is 0 Å². The van der Waals surface area contributed by atoms with Crippen molar-refractivity contribution in [3.05, 3.63) is 48.2 Å². The highest BCUT2D eigenvalue weighted by Crippen LogP contribution is 2.23. The molecule has 0 saturated carbocycles. The molecule has 2 rings (SSSR count). The number of carbonyl (C=O) groups is 1. The summed E-state index contributed by atoms with van der Waals surface area (Å²) in [7, 11) is 0. The lowest BCUT2D eigenvalue weighted by atomic mass is 10.2. The van der Waals surface area contributed by atoms with Crippen LogP contribution in [0.4, 0.5) is 10.2 Å². The van der Waals surface area contributed by atoms with Crippen molar-refractivity contribution in [1.29, 1.82) is 0 Å². The molecule has 0 aliphatic heterocycles. The Morgan fingerprint density at radius 1 is 1.42 bits per heavy atom. The number of aromatic nitrogens is 2. The largest absolute Gasteiger partial charge is 0.490 e. The van der Waals surface area contributed by atoms with Crippen LogP contribution in [0.1, 0.15) is 17.3 Å². The molecular formula is C13H12FN3O2. The summed E-state index contributed by atoms with van der Waals surface area (Å²) >= 11 is 0. The lowest BCUT2D eigenvalue weighted by Gasteiger charge is -2.10. The molecule has 1 amide bonds. The average Bonchev–Trinajstić information content (AvgIpc) is 2.42. The summed E-state index contributed by atoms with van der Waals surface area (Å²) in [5.41, 5.74) is 0.118. The monoisotopic (exact) mass is 261 g/mol. The van der Waals surface area contributed by atoms with Gasteiger partial charge in [0.15, 0.2) is 17.4 Å². The van der Waals surface area contributed by atoms with Crippen LogP contribution in [0.5, 0.6) is 5.75 Å². The van der Waals surface area contributed by atoms with Crippen LogP contribution in [-0.2, 0) is 0 Å². The molecule has 1 aromatic heterocycles. The molecular weight excluding hydrogens is 249 g/mol. The Bertz CT molecular complexity index is 575. The molecule has 0 aliphatic carbocycles. The van der Waals surface area contributed by atoms with E-state index in [0.29, 0.717) is 5.82 Å². The van der Waals surface area contributed by atoms with Gasteiger partial charge < -0.3 is 10.1 Å². The van der Waals surface area contributed by atoms with Crippen molar-refractivity contribution in [3.63, 3.8) is 0 Å². The van der Waals surface area contributed by atoms with Crippen LogP contribution < -0.4 is 10.1 Å². The fourth-order valence-corrected chi connectivity index (χ4v) is 1.53. The lowest BCUT2D eigenvalue weighted by Crippen LogP contribution is -2.15. The summed E-state index contributed by atoms with van der Waals surface area (Å²) in [5, 5.41) is 2.53. The Morgan fingerprint density at radius 2 is 2.26 bits per heavy atom. The van der Waals surface area contributed by atoms with Gasteiger partial charge in [-0.25, -0.2) is 9.37 Å². The number of halogens is 1. The minimum Gasteiger partial charge on any atom is -0.490 e. The summed E-state index contributed by atoms with van der Waals surface area (Å²) in [5.74, 6) is -0.845. The predicted octanol–water partition coefficient (Wildman–Crippen LogP) is 2.27. The maximum Gasteiger partial charge on any atom is 0.260 e. The smallest absolute Gasteiger partial charge is 0.260 e. The quantitative estimate of drug-likeness (QED) is 0.917. The fourth-order valence-electron chi connectivity index (χ4n) is 1.53. The number of nitrogens with zero attached hydrogens (tertiary/aromatic N) is 2. The molecule has 1 N–H and O–H groups in total. The Morgan fingerprint density at radius 3 is 2.95 bits per heavy atom. The second-order valence-electron chi connectivity index (χ2n) is 3.59. The molecule has 0 radical (unpaired) electrons. The normalized spacial score (nSPS) is 10.0. The number of nitrogens with one attached hydrogen (secondary N) is 1. The van der Waals surface area contributed by atoms with Crippen molar-refractivity contribution >= 4 is 11.7 Å². The standard InChI is InChI=1S/C13H12FN3O2/c1-2-19-12-9(4-3-5-10(12)14)13(18)17-11-8-15-6-7-16-11/h3-8H,2H2,1H3,(H,16,17,18). The first kappa shape index (κ1) is 12.9. The molecule has 0 aliphatic rings. The highest BCUT2D eigenvalue weighted by Gasteiger charge is 2.16. The highest BCUT2D eigenvalue weighted by molar-refractivity contribution is 6.05. The molecule has 6 heteroatoms. The van der Waals surface area contributed by atoms with Gasteiger partial charge in [-0.3, -0.25) is 9.78 Å². The molecule has 2 aromatic rings. The summed E-state index contributed by atoms with van der Waals surface area (Å²) in [6, 6.07) is 4.17. The van der Waals surface area contributed by atoms with Gasteiger partial charge in [-0.15, -0.1) is 0 Å². The van der Waals surface area contributed by atoms with E-state index >= 15 is 0 Å². The summed E-state index contributed by atoms with van der Waals surface area (Å²) < 4.78 is 18.8. The average molecular weight is 261 g/mol. The molecule has 0 spiro atoms. The number of hydrogen-bond donors (Lipinski definition) is 1. The maximum absolute atomic E-state index is 13.6. The number of hydrogen-bond acceptors (Lipinski definition) is 4. The van der Waals surface area contributed by atoms with Gasteiger partial charge in [0, 0.05) is 12.4 Å². The molecule has 0 bridgehead atoms. The number of carbonyl (C=O) groups excluding carboxylic acids is 1. The second kappa shape index (κ2) is 5.90. The summed E-state index contributed by atoms with van der Waals surface area (Å²) in [6.07, 6.45) is 4.34. The van der Waals surface area contributed by atoms with Gasteiger partial charge in [0.25, 0.3) is 5.91 Å². The molecule has 1 aromatic carbocycles. The van der Waals surface area contributed by atoms with Gasteiger partial charge in [-0.1, -0.05) is 6.07 Å². The minimum atomic E-state index is -0.575. The highest BCUT2D eigenvalue weighted by atomic mass is 19.1. The first-order valence-electron chi connectivity index (χ1n) is 5.71. The van der Waals surface area contributed by atoms with Crippen LogP contribution in [0, 0.1) is 5.82 Å². The van der Waals surface area contributed by atoms with Crippen molar-refractivity contribution in [1.82, 2.24) is 9.97 Å². The van der Waals surface area contributed by atoms with E-state index in [1.807, 2.05) is 0 Å². The van der Waals surface area contributed by atoms with Gasteiger partial charge >= 0.3 is 0 Å². The molecule has 5 nitrogen and oxygen atoms in total. The third kappa shape index (κ3) is 3.04. The van der Waals surface area contributed by atoms with Gasteiger partial charge in [-0.2, -0.15) is 0 Å². The van der Waals surface area contributed by atoms with Crippen molar-refractivity contribution in [2.24, 2.45) is 0 Å². The molecule has 0 fully saturated rings. The van der Waals surface area contributed by atoms with Gasteiger partial charge in [-0.05, 0) is 19.1 Å². The fraction of sp³-hybridized carbons (Fsp3) is 0.154. The number of benzene rings is 1. The topological polar surface area (TPSA) is 64.1 Å². The molecule has 0 saturated heterocycles. The SMILES string of the molecule is CCOc1c(F)cccc1C(=O)Nc1cnccn1. The predicted molar refractivity (Wildman–Crippen MR) is 67.6 cm³/mol. The second-order valence-corrected chi connectivity index (χ2v) is 3.59. The van der Waals surface area contributed by atoms with Crippen molar-refractivity contribution in [3.8, 4) is 5.75 Å². The summed E-state index contributed by atoms with van der Waals surface area (Å²) in [6.45, 7) is 1.99. The molecule has 19 heavy (non-hydrogen) atoms. The zero-order valence-corrected chi connectivity index (χ0v) is 10.3. The van der Waals surface area contributed by atoms with Crippen LogP contribution >= 0.6 is 0 Å². The van der Waals surface area contributed by atoms with Crippen molar-refractivity contribution in [2.75, 3.05) is 11.9 Å². The number of amides is 1. The van der Waals surface area contributed by atoms with E-state index in [2.05, 4.69) is 15.3 Å². The van der Waals surface area contributed by atoms with Crippen LogP contribution in [0.25, 0.3) is 0 Å². The van der Waals surface area contributed by atoms with Gasteiger partial charge in [0.05, 0.1) is 18.4 Å².